The second-order valence-corrected chi connectivity index (χ2v) is 6.86. The summed E-state index contributed by atoms with van der Waals surface area (Å²) in [5.41, 5.74) is 2.51. The molecule has 3 rings (SSSR count). The van der Waals surface area contributed by atoms with E-state index >= 15 is 0 Å². The van der Waals surface area contributed by atoms with E-state index in [9.17, 15) is 4.79 Å². The SMILES string of the molecule is CCc1nc2ccc(C(=O)NCCCn3ccnc3)cn2c1N(CC)CCOC. The summed E-state index contributed by atoms with van der Waals surface area (Å²) < 4.78 is 9.29. The lowest BCUT2D eigenvalue weighted by Crippen LogP contribution is -2.29. The van der Waals surface area contributed by atoms with Gasteiger partial charge >= 0.3 is 0 Å². The molecule has 1 amide bonds. The third-order valence-corrected chi connectivity index (χ3v) is 4.94. The first-order chi connectivity index (χ1) is 14.2. The van der Waals surface area contributed by atoms with Gasteiger partial charge < -0.3 is 19.5 Å². The summed E-state index contributed by atoms with van der Waals surface area (Å²) >= 11 is 0. The monoisotopic (exact) mass is 398 g/mol. The number of methoxy groups -OCH3 is 1. The van der Waals surface area contributed by atoms with Gasteiger partial charge in [-0.3, -0.25) is 9.20 Å². The number of amides is 1. The van der Waals surface area contributed by atoms with Gasteiger partial charge in [0, 0.05) is 51.9 Å². The van der Waals surface area contributed by atoms with Gasteiger partial charge in [0.05, 0.1) is 24.2 Å². The first-order valence-electron chi connectivity index (χ1n) is 10.2. The molecule has 3 aromatic rings. The highest BCUT2D eigenvalue weighted by Gasteiger charge is 2.18. The minimum Gasteiger partial charge on any atom is -0.383 e. The average molecular weight is 399 g/mol. The van der Waals surface area contributed by atoms with Gasteiger partial charge in [0.2, 0.25) is 0 Å². The van der Waals surface area contributed by atoms with Crippen molar-refractivity contribution in [2.75, 3.05) is 38.3 Å². The number of aryl methyl sites for hydroxylation is 2. The Morgan fingerprint density at radius 1 is 1.31 bits per heavy atom. The lowest BCUT2D eigenvalue weighted by Gasteiger charge is -2.23. The van der Waals surface area contributed by atoms with Gasteiger partial charge in [0.15, 0.2) is 0 Å². The number of rotatable bonds is 11. The lowest BCUT2D eigenvalue weighted by molar-refractivity contribution is 0.0952. The van der Waals surface area contributed by atoms with Gasteiger partial charge in [-0.15, -0.1) is 0 Å². The largest absolute Gasteiger partial charge is 0.383 e. The predicted octanol–water partition coefficient (Wildman–Crippen LogP) is 2.39. The first-order valence-corrected chi connectivity index (χ1v) is 10.2. The molecule has 0 aliphatic rings. The number of aromatic nitrogens is 4. The maximum absolute atomic E-state index is 12.7. The smallest absolute Gasteiger partial charge is 0.252 e. The van der Waals surface area contributed by atoms with Crippen LogP contribution in [0.25, 0.3) is 5.65 Å². The van der Waals surface area contributed by atoms with Gasteiger partial charge in [0.25, 0.3) is 5.91 Å². The molecule has 0 saturated heterocycles. The molecule has 0 fully saturated rings. The summed E-state index contributed by atoms with van der Waals surface area (Å²) in [6.45, 7) is 7.92. The second-order valence-electron chi connectivity index (χ2n) is 6.86. The van der Waals surface area contributed by atoms with Crippen molar-refractivity contribution < 1.29 is 9.53 Å². The molecule has 8 heteroatoms. The number of likely N-dealkylation sites (N-methyl/N-ethyl adjacent to an activating group) is 1. The van der Waals surface area contributed by atoms with Crippen LogP contribution in [-0.2, 0) is 17.7 Å². The van der Waals surface area contributed by atoms with Crippen LogP contribution in [-0.4, -0.2) is 58.2 Å². The first kappa shape index (κ1) is 20.9. The van der Waals surface area contributed by atoms with Gasteiger partial charge in [0.1, 0.15) is 11.5 Å². The zero-order chi connectivity index (χ0) is 20.6. The van der Waals surface area contributed by atoms with E-state index in [2.05, 4.69) is 29.0 Å². The van der Waals surface area contributed by atoms with Crippen LogP contribution < -0.4 is 10.2 Å². The Balaban J connectivity index is 1.75. The van der Waals surface area contributed by atoms with Crippen LogP contribution in [0, 0.1) is 0 Å². The molecule has 0 saturated carbocycles. The van der Waals surface area contributed by atoms with Crippen LogP contribution in [0.1, 0.15) is 36.3 Å². The number of pyridine rings is 1. The predicted molar refractivity (Wildman–Crippen MR) is 114 cm³/mol. The zero-order valence-corrected chi connectivity index (χ0v) is 17.5. The van der Waals surface area contributed by atoms with Crippen LogP contribution in [0.4, 0.5) is 5.82 Å². The van der Waals surface area contributed by atoms with E-state index in [0.717, 1.165) is 49.6 Å². The van der Waals surface area contributed by atoms with Crippen molar-refractivity contribution in [3.05, 3.63) is 48.3 Å². The van der Waals surface area contributed by atoms with Crippen molar-refractivity contribution in [3.63, 3.8) is 0 Å². The van der Waals surface area contributed by atoms with Crippen LogP contribution >= 0.6 is 0 Å². The molecule has 8 nitrogen and oxygen atoms in total. The highest BCUT2D eigenvalue weighted by atomic mass is 16.5. The molecule has 3 heterocycles. The van der Waals surface area contributed by atoms with Crippen molar-refractivity contribution >= 4 is 17.4 Å². The molecule has 0 atom stereocenters. The number of fused-ring (bicyclic) bond motifs is 1. The molecule has 3 aromatic heterocycles. The van der Waals surface area contributed by atoms with Crippen molar-refractivity contribution in [1.82, 2.24) is 24.3 Å². The number of carbonyl (C=O) groups is 1. The summed E-state index contributed by atoms with van der Waals surface area (Å²) in [4.78, 5) is 23.7. The van der Waals surface area contributed by atoms with Gasteiger partial charge in [-0.05, 0) is 31.9 Å². The highest BCUT2D eigenvalue weighted by Crippen LogP contribution is 2.24. The Kier molecular flexibility index (Phi) is 7.24. The van der Waals surface area contributed by atoms with E-state index in [1.807, 2.05) is 33.5 Å². The molecule has 0 bridgehead atoms. The minimum absolute atomic E-state index is 0.0739. The molecule has 0 aromatic carbocycles. The molecule has 0 radical (unpaired) electrons. The molecular weight excluding hydrogens is 368 g/mol. The third-order valence-electron chi connectivity index (χ3n) is 4.94. The van der Waals surface area contributed by atoms with E-state index < -0.39 is 0 Å². The summed E-state index contributed by atoms with van der Waals surface area (Å²) in [5.74, 6) is 0.965. The van der Waals surface area contributed by atoms with Crippen molar-refractivity contribution in [2.24, 2.45) is 0 Å². The number of nitrogens with one attached hydrogen (secondary N) is 1. The Labute approximate surface area is 171 Å². The number of ether oxygens (including phenoxy) is 1. The van der Waals surface area contributed by atoms with E-state index in [0.29, 0.717) is 18.7 Å². The van der Waals surface area contributed by atoms with Crippen molar-refractivity contribution in [1.29, 1.82) is 0 Å². The number of nitrogens with zero attached hydrogens (tertiary/aromatic N) is 5. The van der Waals surface area contributed by atoms with Crippen LogP contribution in [0.2, 0.25) is 0 Å². The minimum atomic E-state index is -0.0739. The Morgan fingerprint density at radius 2 is 2.17 bits per heavy atom. The zero-order valence-electron chi connectivity index (χ0n) is 17.5. The number of imidazole rings is 2. The number of hydrogen-bond donors (Lipinski definition) is 1. The molecule has 0 unspecified atom stereocenters. The molecule has 0 aliphatic heterocycles. The lowest BCUT2D eigenvalue weighted by atomic mass is 10.2. The van der Waals surface area contributed by atoms with Crippen LogP contribution in [0.3, 0.4) is 0 Å². The summed E-state index contributed by atoms with van der Waals surface area (Å²) in [7, 11) is 1.71. The number of anilines is 1. The quantitative estimate of drug-likeness (QED) is 0.502. The average Bonchev–Trinajstić information content (AvgIpc) is 3.39. The third kappa shape index (κ3) is 4.95. The molecule has 0 spiro atoms. The summed E-state index contributed by atoms with van der Waals surface area (Å²) in [5, 5.41) is 3.00. The number of carbonyl (C=O) groups excluding carboxylic acids is 1. The van der Waals surface area contributed by atoms with Gasteiger partial charge in [-0.25, -0.2) is 9.97 Å². The van der Waals surface area contributed by atoms with Crippen molar-refractivity contribution in [2.45, 2.75) is 33.2 Å². The van der Waals surface area contributed by atoms with E-state index in [-0.39, 0.29) is 5.91 Å². The summed E-state index contributed by atoms with van der Waals surface area (Å²) in [6.07, 6.45) is 9.03. The maximum atomic E-state index is 12.7. The number of hydrogen-bond acceptors (Lipinski definition) is 5. The fourth-order valence-corrected chi connectivity index (χ4v) is 3.39. The second kappa shape index (κ2) is 10.1. The summed E-state index contributed by atoms with van der Waals surface area (Å²) in [6, 6.07) is 3.75. The fraction of sp³-hybridized carbons (Fsp3) is 0.476. The topological polar surface area (TPSA) is 76.7 Å². The van der Waals surface area contributed by atoms with Crippen LogP contribution in [0.15, 0.2) is 37.1 Å². The molecular formula is C21H30N6O2. The van der Waals surface area contributed by atoms with E-state index in [1.54, 1.807) is 19.6 Å². The molecule has 156 valence electrons. The van der Waals surface area contributed by atoms with Gasteiger partial charge in [-0.1, -0.05) is 6.92 Å². The van der Waals surface area contributed by atoms with E-state index in [1.165, 1.54) is 0 Å². The Bertz CT molecular complexity index is 919. The molecule has 29 heavy (non-hydrogen) atoms. The molecule has 1 N–H and O–H groups in total. The molecule has 0 aliphatic carbocycles. The Hall–Kier alpha value is -2.87. The van der Waals surface area contributed by atoms with Crippen molar-refractivity contribution in [3.8, 4) is 0 Å². The standard InChI is InChI=1S/C21H30N6O2/c1-4-18-21(26(5-2)13-14-29-3)27-15-17(7-8-19(27)24-18)20(28)23-9-6-11-25-12-10-22-16-25/h7-8,10,12,15-16H,4-6,9,11,13-14H2,1-3H3,(H,23,28). The van der Waals surface area contributed by atoms with E-state index in [4.69, 9.17) is 9.72 Å². The maximum Gasteiger partial charge on any atom is 0.252 e. The highest BCUT2D eigenvalue weighted by molar-refractivity contribution is 5.94. The van der Waals surface area contributed by atoms with Gasteiger partial charge in [-0.2, -0.15) is 0 Å². The normalized spacial score (nSPS) is 11.1. The van der Waals surface area contributed by atoms with Crippen LogP contribution in [0.5, 0.6) is 0 Å². The fourth-order valence-electron chi connectivity index (χ4n) is 3.39. The Morgan fingerprint density at radius 3 is 2.86 bits per heavy atom.